The molecule has 22 heavy (non-hydrogen) atoms. The molecule has 3 rings (SSSR count). The number of rotatable bonds is 3. The predicted octanol–water partition coefficient (Wildman–Crippen LogP) is 3.87. The first-order valence-electron chi connectivity index (χ1n) is 6.61. The smallest absolute Gasteiger partial charge is 0.338 e. The highest BCUT2D eigenvalue weighted by Crippen LogP contribution is 2.27. The van der Waals surface area contributed by atoms with Gasteiger partial charge in [-0.05, 0) is 30.3 Å². The molecule has 0 aliphatic rings. The number of halogens is 1. The monoisotopic (exact) mass is 357 g/mol. The van der Waals surface area contributed by atoms with Crippen LogP contribution >= 0.6 is 15.9 Å². The number of carbonyl (C=O) groups excluding carboxylic acids is 1. The van der Waals surface area contributed by atoms with Gasteiger partial charge in [0, 0.05) is 28.0 Å². The van der Waals surface area contributed by atoms with E-state index in [0.717, 1.165) is 9.99 Å². The highest BCUT2D eigenvalue weighted by Gasteiger charge is 2.26. The van der Waals surface area contributed by atoms with Crippen molar-refractivity contribution in [2.24, 2.45) is 7.05 Å². The van der Waals surface area contributed by atoms with Crippen molar-refractivity contribution >= 4 is 38.6 Å². The number of carboxylic acids is 1. The molecule has 0 aliphatic carbocycles. The van der Waals surface area contributed by atoms with Crippen LogP contribution in [0.4, 0.5) is 0 Å². The van der Waals surface area contributed by atoms with E-state index in [9.17, 15) is 14.7 Å². The Hall–Kier alpha value is -2.40. The molecule has 5 heteroatoms. The van der Waals surface area contributed by atoms with Gasteiger partial charge in [0.25, 0.3) is 0 Å². The van der Waals surface area contributed by atoms with E-state index in [1.165, 1.54) is 0 Å². The highest BCUT2D eigenvalue weighted by atomic mass is 79.9. The maximum absolute atomic E-state index is 12.8. The Morgan fingerprint density at radius 2 is 1.68 bits per heavy atom. The van der Waals surface area contributed by atoms with Gasteiger partial charge in [-0.25, -0.2) is 4.79 Å². The molecule has 0 saturated carbocycles. The van der Waals surface area contributed by atoms with Gasteiger partial charge < -0.3 is 9.67 Å². The van der Waals surface area contributed by atoms with Gasteiger partial charge >= 0.3 is 5.97 Å². The SMILES string of the molecule is Cn1c(C(=O)c2ccc(Br)cc2)c(C(=O)O)c2ccccc21. The van der Waals surface area contributed by atoms with Crippen molar-refractivity contribution < 1.29 is 14.7 Å². The van der Waals surface area contributed by atoms with Crippen molar-refractivity contribution in [1.29, 1.82) is 0 Å². The molecule has 0 bridgehead atoms. The molecular weight excluding hydrogens is 346 g/mol. The van der Waals surface area contributed by atoms with E-state index in [4.69, 9.17) is 0 Å². The second-order valence-electron chi connectivity index (χ2n) is 4.94. The fourth-order valence-corrected chi connectivity index (χ4v) is 2.88. The summed E-state index contributed by atoms with van der Waals surface area (Å²) in [6.45, 7) is 0. The first-order valence-corrected chi connectivity index (χ1v) is 7.41. The zero-order valence-electron chi connectivity index (χ0n) is 11.7. The maximum Gasteiger partial charge on any atom is 0.338 e. The number of hydrogen-bond donors (Lipinski definition) is 1. The van der Waals surface area contributed by atoms with Crippen LogP contribution in [0.1, 0.15) is 26.4 Å². The Bertz CT molecular complexity index is 894. The lowest BCUT2D eigenvalue weighted by Gasteiger charge is -2.05. The second-order valence-corrected chi connectivity index (χ2v) is 5.86. The van der Waals surface area contributed by atoms with Crippen LogP contribution in [0, 0.1) is 0 Å². The minimum Gasteiger partial charge on any atom is -0.478 e. The summed E-state index contributed by atoms with van der Waals surface area (Å²) in [6.07, 6.45) is 0. The Balaban J connectivity index is 2.28. The molecule has 1 N–H and O–H groups in total. The van der Waals surface area contributed by atoms with E-state index in [-0.39, 0.29) is 17.0 Å². The Morgan fingerprint density at radius 1 is 1.05 bits per heavy atom. The van der Waals surface area contributed by atoms with Crippen LogP contribution in [0.3, 0.4) is 0 Å². The topological polar surface area (TPSA) is 59.3 Å². The van der Waals surface area contributed by atoms with Gasteiger partial charge in [0.05, 0.1) is 5.56 Å². The van der Waals surface area contributed by atoms with Crippen molar-refractivity contribution in [2.45, 2.75) is 0 Å². The largest absolute Gasteiger partial charge is 0.478 e. The number of para-hydroxylation sites is 1. The molecule has 1 heterocycles. The van der Waals surface area contributed by atoms with Gasteiger partial charge in [0.15, 0.2) is 0 Å². The van der Waals surface area contributed by atoms with Crippen molar-refractivity contribution in [2.75, 3.05) is 0 Å². The number of carbonyl (C=O) groups is 2. The third kappa shape index (κ3) is 2.23. The molecule has 0 fully saturated rings. The van der Waals surface area contributed by atoms with Crippen LogP contribution in [-0.2, 0) is 7.05 Å². The molecule has 1 aromatic heterocycles. The van der Waals surface area contributed by atoms with Crippen LogP contribution in [-0.4, -0.2) is 21.4 Å². The molecule has 110 valence electrons. The summed E-state index contributed by atoms with van der Waals surface area (Å²) >= 11 is 3.32. The molecule has 4 nitrogen and oxygen atoms in total. The first kappa shape index (κ1) is 14.5. The van der Waals surface area contributed by atoms with Gasteiger partial charge in [-0.2, -0.15) is 0 Å². The second kappa shape index (κ2) is 5.42. The van der Waals surface area contributed by atoms with Crippen LogP contribution < -0.4 is 0 Å². The van der Waals surface area contributed by atoms with E-state index in [0.29, 0.717) is 10.9 Å². The first-order chi connectivity index (χ1) is 10.5. The Morgan fingerprint density at radius 3 is 2.32 bits per heavy atom. The average Bonchev–Trinajstić information content (AvgIpc) is 2.81. The van der Waals surface area contributed by atoms with Crippen LogP contribution in [0.25, 0.3) is 10.9 Å². The van der Waals surface area contributed by atoms with Crippen LogP contribution in [0.5, 0.6) is 0 Å². The van der Waals surface area contributed by atoms with E-state index in [1.54, 1.807) is 54.1 Å². The Kier molecular flexibility index (Phi) is 3.58. The summed E-state index contributed by atoms with van der Waals surface area (Å²) in [5.41, 5.74) is 1.42. The number of aromatic nitrogens is 1. The van der Waals surface area contributed by atoms with Crippen molar-refractivity contribution in [1.82, 2.24) is 4.57 Å². The quantitative estimate of drug-likeness (QED) is 0.723. The molecule has 0 spiro atoms. The van der Waals surface area contributed by atoms with Gasteiger partial charge in [-0.15, -0.1) is 0 Å². The maximum atomic E-state index is 12.8. The molecule has 3 aromatic rings. The van der Waals surface area contributed by atoms with Crippen molar-refractivity contribution in [3.63, 3.8) is 0 Å². The molecule has 0 unspecified atom stereocenters. The molecule has 0 radical (unpaired) electrons. The minimum atomic E-state index is -1.10. The number of ketones is 1. The summed E-state index contributed by atoms with van der Waals surface area (Å²) in [5.74, 6) is -1.40. The third-order valence-electron chi connectivity index (χ3n) is 3.64. The molecule has 2 aromatic carbocycles. The Labute approximate surface area is 135 Å². The third-order valence-corrected chi connectivity index (χ3v) is 4.17. The fourth-order valence-electron chi connectivity index (χ4n) is 2.61. The van der Waals surface area contributed by atoms with Crippen molar-refractivity contribution in [3.05, 3.63) is 69.8 Å². The summed E-state index contributed by atoms with van der Waals surface area (Å²) in [7, 11) is 1.71. The number of fused-ring (bicyclic) bond motifs is 1. The van der Waals surface area contributed by atoms with E-state index in [2.05, 4.69) is 15.9 Å². The summed E-state index contributed by atoms with van der Waals surface area (Å²) in [4.78, 5) is 24.4. The zero-order chi connectivity index (χ0) is 15.9. The van der Waals surface area contributed by atoms with E-state index < -0.39 is 5.97 Å². The summed E-state index contributed by atoms with van der Waals surface area (Å²) < 4.78 is 2.50. The zero-order valence-corrected chi connectivity index (χ0v) is 13.3. The molecule has 0 amide bonds. The van der Waals surface area contributed by atoms with Gasteiger partial charge in [-0.1, -0.05) is 34.1 Å². The van der Waals surface area contributed by atoms with Crippen LogP contribution in [0.2, 0.25) is 0 Å². The molecular formula is C17H12BrNO3. The predicted molar refractivity (Wildman–Crippen MR) is 87.5 cm³/mol. The van der Waals surface area contributed by atoms with Crippen molar-refractivity contribution in [3.8, 4) is 0 Å². The van der Waals surface area contributed by atoms with Gasteiger partial charge in [-0.3, -0.25) is 4.79 Å². The highest BCUT2D eigenvalue weighted by molar-refractivity contribution is 9.10. The number of carboxylic acid groups (broad SMARTS) is 1. The lowest BCUT2D eigenvalue weighted by atomic mass is 10.0. The molecule has 0 atom stereocenters. The van der Waals surface area contributed by atoms with Crippen LogP contribution in [0.15, 0.2) is 53.0 Å². The van der Waals surface area contributed by atoms with E-state index in [1.807, 2.05) is 6.07 Å². The normalized spacial score (nSPS) is 10.8. The number of aromatic carboxylic acids is 1. The lowest BCUT2D eigenvalue weighted by molar-refractivity contribution is 0.0694. The lowest BCUT2D eigenvalue weighted by Crippen LogP contribution is -2.12. The summed E-state index contributed by atoms with van der Waals surface area (Å²) in [5, 5.41) is 10.1. The number of hydrogen-bond acceptors (Lipinski definition) is 2. The standard InChI is InChI=1S/C17H12BrNO3/c1-19-13-5-3-2-4-12(13)14(17(21)22)15(19)16(20)10-6-8-11(18)9-7-10/h2-9H,1H3,(H,21,22). The summed E-state index contributed by atoms with van der Waals surface area (Å²) in [6, 6.07) is 14.0. The van der Waals surface area contributed by atoms with Gasteiger partial charge in [0.1, 0.15) is 5.69 Å². The number of aryl methyl sites for hydroxylation is 1. The van der Waals surface area contributed by atoms with Gasteiger partial charge in [0.2, 0.25) is 5.78 Å². The van der Waals surface area contributed by atoms with E-state index >= 15 is 0 Å². The molecule has 0 saturated heterocycles. The fraction of sp³-hybridized carbons (Fsp3) is 0.0588. The average molecular weight is 358 g/mol. The number of benzene rings is 2. The minimum absolute atomic E-state index is 0.0472. The molecule has 0 aliphatic heterocycles. The number of nitrogens with zero attached hydrogens (tertiary/aromatic N) is 1.